The van der Waals surface area contributed by atoms with Crippen molar-refractivity contribution in [1.82, 2.24) is 15.1 Å². The molecule has 0 radical (unpaired) electrons. The van der Waals surface area contributed by atoms with Crippen molar-refractivity contribution in [2.75, 3.05) is 0 Å². The van der Waals surface area contributed by atoms with Crippen molar-refractivity contribution in [1.29, 1.82) is 0 Å². The Morgan fingerprint density at radius 1 is 1.59 bits per heavy atom. The average Bonchev–Trinajstić information content (AvgIpc) is 2.85. The second kappa shape index (κ2) is 4.87. The van der Waals surface area contributed by atoms with Crippen LogP contribution >= 0.6 is 0 Å². The number of aryl methyl sites for hydroxylation is 1. The predicted octanol–water partition coefficient (Wildman–Crippen LogP) is 0.698. The zero-order chi connectivity index (χ0) is 12.3. The van der Waals surface area contributed by atoms with E-state index in [4.69, 9.17) is 5.73 Å². The molecule has 2 rings (SSSR count). The summed E-state index contributed by atoms with van der Waals surface area (Å²) in [5.41, 5.74) is 6.76. The summed E-state index contributed by atoms with van der Waals surface area (Å²) in [6.45, 7) is 0.482. The second-order valence-electron chi connectivity index (χ2n) is 5.00. The number of carbonyl (C=O) groups is 1. The monoisotopic (exact) mass is 236 g/mol. The molecule has 0 saturated heterocycles. The Hall–Kier alpha value is -1.36. The lowest BCUT2D eigenvalue weighted by Gasteiger charge is -2.22. The van der Waals surface area contributed by atoms with Crippen LogP contribution in [0.3, 0.4) is 0 Å². The highest BCUT2D eigenvalue weighted by Gasteiger charge is 2.31. The van der Waals surface area contributed by atoms with E-state index in [9.17, 15) is 4.79 Å². The SMILES string of the molecule is Cn1ccc(CNC(=O)CC2(N)CCCC2)n1. The number of carbonyl (C=O) groups excluding carboxylic acids is 1. The Kier molecular flexibility index (Phi) is 3.47. The normalized spacial score (nSPS) is 18.2. The first-order valence-corrected chi connectivity index (χ1v) is 6.12. The smallest absolute Gasteiger partial charge is 0.222 e. The molecule has 1 heterocycles. The molecule has 1 aromatic rings. The lowest BCUT2D eigenvalue weighted by atomic mass is 9.94. The zero-order valence-corrected chi connectivity index (χ0v) is 10.3. The van der Waals surface area contributed by atoms with Crippen molar-refractivity contribution in [3.05, 3.63) is 18.0 Å². The number of rotatable bonds is 4. The summed E-state index contributed by atoms with van der Waals surface area (Å²) in [6.07, 6.45) is 6.50. The van der Waals surface area contributed by atoms with E-state index in [1.165, 1.54) is 0 Å². The molecule has 0 bridgehead atoms. The molecular weight excluding hydrogens is 216 g/mol. The number of amides is 1. The topological polar surface area (TPSA) is 72.9 Å². The molecule has 1 aliphatic carbocycles. The van der Waals surface area contributed by atoms with Gasteiger partial charge in [0.25, 0.3) is 0 Å². The summed E-state index contributed by atoms with van der Waals surface area (Å²) in [7, 11) is 1.86. The molecule has 0 atom stereocenters. The van der Waals surface area contributed by atoms with Crippen LogP contribution in [0.25, 0.3) is 0 Å². The number of nitrogens with two attached hydrogens (primary N) is 1. The summed E-state index contributed by atoms with van der Waals surface area (Å²) in [5.74, 6) is 0.0278. The fourth-order valence-corrected chi connectivity index (χ4v) is 2.38. The minimum Gasteiger partial charge on any atom is -0.350 e. The van der Waals surface area contributed by atoms with E-state index in [0.29, 0.717) is 13.0 Å². The maximum atomic E-state index is 11.8. The summed E-state index contributed by atoms with van der Waals surface area (Å²) < 4.78 is 1.73. The molecule has 17 heavy (non-hydrogen) atoms. The van der Waals surface area contributed by atoms with E-state index in [2.05, 4.69) is 10.4 Å². The fraction of sp³-hybridized carbons (Fsp3) is 0.667. The lowest BCUT2D eigenvalue weighted by Crippen LogP contribution is -2.42. The molecule has 0 unspecified atom stereocenters. The highest BCUT2D eigenvalue weighted by atomic mass is 16.1. The summed E-state index contributed by atoms with van der Waals surface area (Å²) in [5, 5.41) is 7.07. The van der Waals surface area contributed by atoms with Crippen LogP contribution < -0.4 is 11.1 Å². The predicted molar refractivity (Wildman–Crippen MR) is 65.1 cm³/mol. The van der Waals surface area contributed by atoms with E-state index >= 15 is 0 Å². The van der Waals surface area contributed by atoms with Gasteiger partial charge in [0.15, 0.2) is 0 Å². The number of nitrogens with zero attached hydrogens (tertiary/aromatic N) is 2. The Balaban J connectivity index is 1.77. The first-order chi connectivity index (χ1) is 8.07. The van der Waals surface area contributed by atoms with Crippen LogP contribution in [0, 0.1) is 0 Å². The van der Waals surface area contributed by atoms with E-state index < -0.39 is 0 Å². The van der Waals surface area contributed by atoms with E-state index in [-0.39, 0.29) is 11.4 Å². The molecule has 1 aliphatic rings. The van der Waals surface area contributed by atoms with Crippen LogP contribution in [0.15, 0.2) is 12.3 Å². The van der Waals surface area contributed by atoms with Crippen molar-refractivity contribution in [3.63, 3.8) is 0 Å². The summed E-state index contributed by atoms with van der Waals surface area (Å²) in [4.78, 5) is 11.8. The molecule has 1 aromatic heterocycles. The molecule has 94 valence electrons. The highest BCUT2D eigenvalue weighted by molar-refractivity contribution is 5.77. The first-order valence-electron chi connectivity index (χ1n) is 6.12. The van der Waals surface area contributed by atoms with Gasteiger partial charge in [0.1, 0.15) is 0 Å². The first kappa shape index (κ1) is 12.1. The van der Waals surface area contributed by atoms with Gasteiger partial charge in [-0.25, -0.2) is 0 Å². The van der Waals surface area contributed by atoms with Gasteiger partial charge < -0.3 is 11.1 Å². The van der Waals surface area contributed by atoms with Gasteiger partial charge in [-0.3, -0.25) is 9.48 Å². The molecule has 5 heteroatoms. The quantitative estimate of drug-likeness (QED) is 0.808. The highest BCUT2D eigenvalue weighted by Crippen LogP contribution is 2.29. The summed E-state index contributed by atoms with van der Waals surface area (Å²) in [6, 6.07) is 1.90. The van der Waals surface area contributed by atoms with Crippen LogP contribution in [-0.4, -0.2) is 21.2 Å². The van der Waals surface area contributed by atoms with Crippen LogP contribution in [0.4, 0.5) is 0 Å². The summed E-state index contributed by atoms with van der Waals surface area (Å²) >= 11 is 0. The molecule has 1 saturated carbocycles. The largest absolute Gasteiger partial charge is 0.350 e. The third-order valence-corrected chi connectivity index (χ3v) is 3.35. The van der Waals surface area contributed by atoms with E-state index in [0.717, 1.165) is 31.4 Å². The Labute approximate surface area is 101 Å². The van der Waals surface area contributed by atoms with Crippen LogP contribution in [0.2, 0.25) is 0 Å². The van der Waals surface area contributed by atoms with Crippen LogP contribution in [0.1, 0.15) is 37.8 Å². The van der Waals surface area contributed by atoms with Gasteiger partial charge in [-0.15, -0.1) is 0 Å². The molecule has 0 spiro atoms. The van der Waals surface area contributed by atoms with Gasteiger partial charge in [0.05, 0.1) is 12.2 Å². The Morgan fingerprint density at radius 2 is 2.29 bits per heavy atom. The van der Waals surface area contributed by atoms with Crippen molar-refractivity contribution in [3.8, 4) is 0 Å². The minimum atomic E-state index is -0.270. The average molecular weight is 236 g/mol. The van der Waals surface area contributed by atoms with Crippen LogP contribution in [-0.2, 0) is 18.4 Å². The maximum absolute atomic E-state index is 11.8. The number of aromatic nitrogens is 2. The minimum absolute atomic E-state index is 0.0278. The number of hydrogen-bond donors (Lipinski definition) is 2. The standard InChI is InChI=1S/C12H20N4O/c1-16-7-4-10(15-16)9-14-11(17)8-12(13)5-2-3-6-12/h4,7H,2-3,5-6,8-9,13H2,1H3,(H,14,17). The van der Waals surface area contributed by atoms with E-state index in [1.54, 1.807) is 4.68 Å². The van der Waals surface area contributed by atoms with Crippen molar-refractivity contribution < 1.29 is 4.79 Å². The van der Waals surface area contributed by atoms with Crippen molar-refractivity contribution >= 4 is 5.91 Å². The molecule has 0 aliphatic heterocycles. The number of hydrogen-bond acceptors (Lipinski definition) is 3. The molecule has 3 N–H and O–H groups in total. The van der Waals surface area contributed by atoms with Crippen molar-refractivity contribution in [2.45, 2.75) is 44.2 Å². The molecule has 0 aromatic carbocycles. The Morgan fingerprint density at radius 3 is 2.88 bits per heavy atom. The van der Waals surface area contributed by atoms with Crippen LogP contribution in [0.5, 0.6) is 0 Å². The number of nitrogens with one attached hydrogen (secondary N) is 1. The molecular formula is C12H20N4O. The van der Waals surface area contributed by atoms with Crippen molar-refractivity contribution in [2.24, 2.45) is 12.8 Å². The van der Waals surface area contributed by atoms with Gasteiger partial charge >= 0.3 is 0 Å². The second-order valence-corrected chi connectivity index (χ2v) is 5.00. The van der Waals surface area contributed by atoms with Gasteiger partial charge in [-0.2, -0.15) is 5.10 Å². The van der Waals surface area contributed by atoms with Gasteiger partial charge in [-0.05, 0) is 18.9 Å². The maximum Gasteiger partial charge on any atom is 0.222 e. The molecule has 5 nitrogen and oxygen atoms in total. The zero-order valence-electron chi connectivity index (χ0n) is 10.3. The lowest BCUT2D eigenvalue weighted by molar-refractivity contribution is -0.122. The van der Waals surface area contributed by atoms with Gasteiger partial charge in [-0.1, -0.05) is 12.8 Å². The molecule has 1 fully saturated rings. The fourth-order valence-electron chi connectivity index (χ4n) is 2.38. The third kappa shape index (κ3) is 3.30. The molecule has 1 amide bonds. The third-order valence-electron chi connectivity index (χ3n) is 3.35. The van der Waals surface area contributed by atoms with E-state index in [1.807, 2.05) is 19.3 Å². The van der Waals surface area contributed by atoms with Gasteiger partial charge in [0.2, 0.25) is 5.91 Å². The van der Waals surface area contributed by atoms with Gasteiger partial charge in [0, 0.05) is 25.2 Å². The Bertz CT molecular complexity index is 393.